The van der Waals surface area contributed by atoms with Crippen molar-refractivity contribution in [3.8, 4) is 17.0 Å². The Hall–Kier alpha value is -3.26. The Balaban J connectivity index is 1.35. The molecule has 0 radical (unpaired) electrons. The minimum Gasteiger partial charge on any atom is -0.492 e. The van der Waals surface area contributed by atoms with Crippen LogP contribution in [0, 0.1) is 5.92 Å². The Morgan fingerprint density at radius 1 is 1.06 bits per heavy atom. The summed E-state index contributed by atoms with van der Waals surface area (Å²) >= 11 is 0. The molecule has 1 atom stereocenters. The monoisotopic (exact) mass is 486 g/mol. The van der Waals surface area contributed by atoms with Gasteiger partial charge in [0.2, 0.25) is 5.95 Å². The second-order valence-corrected chi connectivity index (χ2v) is 9.46. The minimum atomic E-state index is 0.447. The number of nitrogens with one attached hydrogen (secondary N) is 1. The van der Waals surface area contributed by atoms with Crippen molar-refractivity contribution in [2.24, 2.45) is 5.92 Å². The number of hydrogen-bond acceptors (Lipinski definition) is 7. The molecule has 5 rings (SSSR count). The zero-order chi connectivity index (χ0) is 24.6. The van der Waals surface area contributed by atoms with Crippen molar-refractivity contribution in [1.29, 1.82) is 0 Å². The van der Waals surface area contributed by atoms with Gasteiger partial charge >= 0.3 is 0 Å². The van der Waals surface area contributed by atoms with E-state index in [1.807, 2.05) is 36.4 Å². The van der Waals surface area contributed by atoms with E-state index in [1.54, 1.807) is 6.20 Å². The topological polar surface area (TPSA) is 68.7 Å². The van der Waals surface area contributed by atoms with Crippen LogP contribution in [0.1, 0.15) is 24.5 Å². The molecule has 7 heteroatoms. The molecule has 7 nitrogen and oxygen atoms in total. The summed E-state index contributed by atoms with van der Waals surface area (Å²) in [7, 11) is 0. The van der Waals surface area contributed by atoms with Crippen LogP contribution in [-0.4, -0.2) is 54.3 Å². The molecule has 0 saturated carbocycles. The summed E-state index contributed by atoms with van der Waals surface area (Å²) in [5.41, 5.74) is 4.87. The molecule has 3 aromatic rings. The molecule has 3 heterocycles. The van der Waals surface area contributed by atoms with E-state index in [2.05, 4.69) is 46.4 Å². The number of fused-ring (bicyclic) bond motifs is 7. The summed E-state index contributed by atoms with van der Waals surface area (Å²) in [6.45, 7) is 8.25. The molecule has 0 spiro atoms. The third-order valence-electron chi connectivity index (χ3n) is 6.49. The number of likely N-dealkylation sites (tertiary alicyclic amines) is 1. The first-order chi connectivity index (χ1) is 17.7. The van der Waals surface area contributed by atoms with Crippen LogP contribution in [0.25, 0.3) is 11.3 Å². The second kappa shape index (κ2) is 12.1. The summed E-state index contributed by atoms with van der Waals surface area (Å²) in [5.74, 6) is 2.17. The molecule has 1 aromatic heterocycles. The number of benzene rings is 2. The van der Waals surface area contributed by atoms with Crippen molar-refractivity contribution in [1.82, 2.24) is 14.9 Å². The SMILES string of the molecule is CC1CCN(CCOc2ccc3cc2COC/C=C/COCc2cccc(c2)-c2ccnc(n2)N3)C1. The van der Waals surface area contributed by atoms with Gasteiger partial charge in [-0.3, -0.25) is 4.90 Å². The lowest BCUT2D eigenvalue weighted by Gasteiger charge is -2.18. The van der Waals surface area contributed by atoms with E-state index in [1.165, 1.54) is 6.42 Å². The maximum absolute atomic E-state index is 6.20. The Morgan fingerprint density at radius 2 is 1.94 bits per heavy atom. The van der Waals surface area contributed by atoms with Crippen LogP contribution in [0.4, 0.5) is 11.6 Å². The van der Waals surface area contributed by atoms with Gasteiger partial charge in [-0.1, -0.05) is 37.3 Å². The number of ether oxygens (including phenoxy) is 3. The van der Waals surface area contributed by atoms with Gasteiger partial charge in [0.25, 0.3) is 0 Å². The average molecular weight is 487 g/mol. The Bertz CT molecular complexity index is 1180. The first-order valence-corrected chi connectivity index (χ1v) is 12.7. The summed E-state index contributed by atoms with van der Waals surface area (Å²) in [6, 6.07) is 16.2. The van der Waals surface area contributed by atoms with Gasteiger partial charge in [0, 0.05) is 36.1 Å². The number of nitrogens with zero attached hydrogens (tertiary/aromatic N) is 3. The molecule has 2 aliphatic heterocycles. The lowest BCUT2D eigenvalue weighted by atomic mass is 10.1. The van der Waals surface area contributed by atoms with Gasteiger partial charge in [-0.25, -0.2) is 9.97 Å². The van der Waals surface area contributed by atoms with Crippen molar-refractivity contribution < 1.29 is 14.2 Å². The van der Waals surface area contributed by atoms with E-state index >= 15 is 0 Å². The maximum atomic E-state index is 6.20. The van der Waals surface area contributed by atoms with Crippen molar-refractivity contribution in [2.45, 2.75) is 26.6 Å². The van der Waals surface area contributed by atoms with E-state index < -0.39 is 0 Å². The number of anilines is 2. The molecule has 1 unspecified atom stereocenters. The van der Waals surface area contributed by atoms with Gasteiger partial charge in [-0.05, 0) is 54.8 Å². The van der Waals surface area contributed by atoms with Crippen molar-refractivity contribution in [3.05, 3.63) is 78.0 Å². The molecule has 0 aliphatic carbocycles. The third-order valence-corrected chi connectivity index (χ3v) is 6.49. The molecule has 1 N–H and O–H groups in total. The molecule has 1 saturated heterocycles. The highest BCUT2D eigenvalue weighted by atomic mass is 16.5. The quantitative estimate of drug-likeness (QED) is 0.508. The Morgan fingerprint density at radius 3 is 2.81 bits per heavy atom. The lowest BCUT2D eigenvalue weighted by Crippen LogP contribution is -2.26. The van der Waals surface area contributed by atoms with E-state index in [0.29, 0.717) is 39.0 Å². The first kappa shape index (κ1) is 24.4. The van der Waals surface area contributed by atoms with Gasteiger partial charge in [-0.15, -0.1) is 0 Å². The van der Waals surface area contributed by atoms with Crippen LogP contribution in [0.15, 0.2) is 66.9 Å². The summed E-state index contributed by atoms with van der Waals surface area (Å²) < 4.78 is 17.9. The Kier molecular flexibility index (Phi) is 8.23. The average Bonchev–Trinajstić information content (AvgIpc) is 3.31. The van der Waals surface area contributed by atoms with Crippen LogP contribution >= 0.6 is 0 Å². The number of aromatic nitrogens is 2. The number of hydrogen-bond donors (Lipinski definition) is 1. The molecule has 2 aliphatic rings. The van der Waals surface area contributed by atoms with Crippen LogP contribution < -0.4 is 10.1 Å². The molecule has 36 heavy (non-hydrogen) atoms. The van der Waals surface area contributed by atoms with Crippen LogP contribution in [-0.2, 0) is 22.7 Å². The summed E-state index contributed by atoms with van der Waals surface area (Å²) in [6.07, 6.45) is 7.04. The molecular weight excluding hydrogens is 452 g/mol. The summed E-state index contributed by atoms with van der Waals surface area (Å²) in [4.78, 5) is 11.6. The fourth-order valence-electron chi connectivity index (χ4n) is 4.57. The lowest BCUT2D eigenvalue weighted by molar-refractivity contribution is 0.138. The highest BCUT2D eigenvalue weighted by Gasteiger charge is 2.18. The smallest absolute Gasteiger partial charge is 0.227 e. The van der Waals surface area contributed by atoms with Crippen molar-refractivity contribution in [2.75, 3.05) is 44.8 Å². The normalized spacial score (nSPS) is 19.6. The van der Waals surface area contributed by atoms with E-state index in [0.717, 1.165) is 59.4 Å². The summed E-state index contributed by atoms with van der Waals surface area (Å²) in [5, 5.41) is 3.35. The van der Waals surface area contributed by atoms with Gasteiger partial charge < -0.3 is 19.5 Å². The standard InChI is InChI=1S/C29H34N4O3/c1-22-10-12-33(19-22)13-16-36-28-8-7-26-18-25(28)21-35-15-3-2-14-34-20-23-5-4-6-24(17-23)27-9-11-30-29(31-26)32-27/h2-9,11,17-18,22H,10,12-16,19-21H2,1H3,(H,30,31,32)/b3-2+. The Labute approximate surface area is 213 Å². The highest BCUT2D eigenvalue weighted by Crippen LogP contribution is 2.27. The molecule has 188 valence electrons. The predicted molar refractivity (Wildman–Crippen MR) is 141 cm³/mol. The van der Waals surface area contributed by atoms with Crippen LogP contribution in [0.3, 0.4) is 0 Å². The minimum absolute atomic E-state index is 0.447. The third kappa shape index (κ3) is 6.69. The predicted octanol–water partition coefficient (Wildman–Crippen LogP) is 5.21. The van der Waals surface area contributed by atoms with Gasteiger partial charge in [0.1, 0.15) is 12.4 Å². The van der Waals surface area contributed by atoms with Crippen molar-refractivity contribution in [3.63, 3.8) is 0 Å². The highest BCUT2D eigenvalue weighted by molar-refractivity contribution is 5.63. The van der Waals surface area contributed by atoms with E-state index in [-0.39, 0.29) is 0 Å². The van der Waals surface area contributed by atoms with E-state index in [9.17, 15) is 0 Å². The number of rotatable bonds is 4. The van der Waals surface area contributed by atoms with Crippen molar-refractivity contribution >= 4 is 11.6 Å². The molecule has 6 bridgehead atoms. The fourth-order valence-corrected chi connectivity index (χ4v) is 4.57. The fraction of sp³-hybridized carbons (Fsp3) is 0.379. The second-order valence-electron chi connectivity index (χ2n) is 9.46. The largest absolute Gasteiger partial charge is 0.492 e. The van der Waals surface area contributed by atoms with Gasteiger partial charge in [0.05, 0.1) is 32.1 Å². The van der Waals surface area contributed by atoms with E-state index in [4.69, 9.17) is 19.2 Å². The van der Waals surface area contributed by atoms with Crippen LogP contribution in [0.5, 0.6) is 5.75 Å². The molecular formula is C29H34N4O3. The van der Waals surface area contributed by atoms with Gasteiger partial charge in [0.15, 0.2) is 0 Å². The molecule has 0 amide bonds. The zero-order valence-corrected chi connectivity index (χ0v) is 20.9. The van der Waals surface area contributed by atoms with Crippen LogP contribution in [0.2, 0.25) is 0 Å². The molecule has 2 aromatic carbocycles. The zero-order valence-electron chi connectivity index (χ0n) is 20.9. The first-order valence-electron chi connectivity index (χ1n) is 12.7. The van der Waals surface area contributed by atoms with Gasteiger partial charge in [-0.2, -0.15) is 0 Å². The maximum Gasteiger partial charge on any atom is 0.227 e. The molecule has 1 fully saturated rings.